The predicted octanol–water partition coefficient (Wildman–Crippen LogP) is -0.0529. The number of aliphatic hydroxyl groups is 1. The summed E-state index contributed by atoms with van der Waals surface area (Å²) >= 11 is 6.20. The van der Waals surface area contributed by atoms with E-state index in [9.17, 15) is 18.1 Å². The molecule has 3 aromatic rings. The fraction of sp³-hybridized carbons (Fsp3) is 0.211. The summed E-state index contributed by atoms with van der Waals surface area (Å²) in [6.45, 7) is 3.27. The van der Waals surface area contributed by atoms with Crippen molar-refractivity contribution in [2.24, 2.45) is 0 Å². The van der Waals surface area contributed by atoms with Crippen LogP contribution in [0.5, 0.6) is 5.75 Å². The Bertz CT molecular complexity index is 1240. The van der Waals surface area contributed by atoms with Gasteiger partial charge >= 0.3 is 29.6 Å². The van der Waals surface area contributed by atoms with Gasteiger partial charge in [0, 0.05) is 11.3 Å². The van der Waals surface area contributed by atoms with E-state index in [2.05, 4.69) is 19.7 Å². The molecule has 0 amide bonds. The largest absolute Gasteiger partial charge is 1.00 e. The van der Waals surface area contributed by atoms with Crippen molar-refractivity contribution in [3.63, 3.8) is 0 Å². The molecule has 10 nitrogen and oxygen atoms in total. The smallest absolute Gasteiger partial charge is 0.716 e. The van der Waals surface area contributed by atoms with Crippen molar-refractivity contribution >= 4 is 27.7 Å². The van der Waals surface area contributed by atoms with Crippen LogP contribution in [0.3, 0.4) is 0 Å². The molecule has 13 heteroatoms. The molecule has 32 heavy (non-hydrogen) atoms. The van der Waals surface area contributed by atoms with Gasteiger partial charge in [0.1, 0.15) is 17.9 Å². The molecule has 0 aliphatic carbocycles. The van der Waals surface area contributed by atoms with Crippen LogP contribution in [0.15, 0.2) is 40.8 Å². The van der Waals surface area contributed by atoms with Crippen molar-refractivity contribution in [1.29, 1.82) is 5.26 Å². The van der Waals surface area contributed by atoms with Gasteiger partial charge < -0.3 is 23.6 Å². The molecule has 3 rings (SSSR count). The summed E-state index contributed by atoms with van der Waals surface area (Å²) in [5, 5.41) is 30.6. The number of halogens is 1. The zero-order chi connectivity index (χ0) is 22.8. The van der Waals surface area contributed by atoms with Gasteiger partial charge in [0.15, 0.2) is 0 Å². The van der Waals surface area contributed by atoms with Gasteiger partial charge in [-0.3, -0.25) is 0 Å². The maximum atomic E-state index is 10.7. The number of benzene rings is 2. The van der Waals surface area contributed by atoms with Gasteiger partial charge in [0.25, 0.3) is 10.4 Å². The Balaban J connectivity index is 0.00000363. The molecule has 0 saturated heterocycles. The Morgan fingerprint density at radius 1 is 1.25 bits per heavy atom. The maximum Gasteiger partial charge on any atom is 1.00 e. The van der Waals surface area contributed by atoms with Gasteiger partial charge in [-0.15, -0.1) is 10.2 Å². The minimum atomic E-state index is -4.88. The first kappa shape index (κ1) is 26.1. The van der Waals surface area contributed by atoms with Crippen molar-refractivity contribution in [3.8, 4) is 23.3 Å². The standard InChI is InChI=1S/C19H17ClN4O6S.Na/c1-10-15(8-5-13(9-21)16(10)20)22-17(11(2)25)19-24-23-18(29-19)12-3-6-14(7-4-12)30-31(26,27)28;/h3-8,11,17,22,25H,1-2H3,(H,26,27,28);/q;+1/p-1/t11-,17+;/m0./s1. The van der Waals surface area contributed by atoms with Crippen LogP contribution in [0.1, 0.15) is 30.0 Å². The van der Waals surface area contributed by atoms with E-state index in [1.807, 2.05) is 6.07 Å². The summed E-state index contributed by atoms with van der Waals surface area (Å²) in [4.78, 5) is 0. The third kappa shape index (κ3) is 6.20. The molecule has 2 atom stereocenters. The first-order valence-corrected chi connectivity index (χ1v) is 10.5. The Morgan fingerprint density at radius 3 is 2.47 bits per heavy atom. The van der Waals surface area contributed by atoms with Gasteiger partial charge in [-0.25, -0.2) is 8.42 Å². The van der Waals surface area contributed by atoms with E-state index in [1.165, 1.54) is 31.2 Å². The van der Waals surface area contributed by atoms with Crippen LogP contribution in [-0.2, 0) is 10.4 Å². The Labute approximate surface area is 211 Å². The summed E-state index contributed by atoms with van der Waals surface area (Å²) in [6, 6.07) is 9.84. The van der Waals surface area contributed by atoms with E-state index < -0.39 is 22.5 Å². The van der Waals surface area contributed by atoms with E-state index in [0.29, 0.717) is 27.4 Å². The number of aromatic nitrogens is 2. The van der Waals surface area contributed by atoms with Crippen LogP contribution in [0.25, 0.3) is 11.5 Å². The third-order valence-electron chi connectivity index (χ3n) is 4.31. The van der Waals surface area contributed by atoms with Crippen LogP contribution in [-0.4, -0.2) is 34.4 Å². The molecule has 0 bridgehead atoms. The summed E-state index contributed by atoms with van der Waals surface area (Å²) in [5.41, 5.74) is 1.97. The molecule has 0 aliphatic rings. The molecule has 0 unspecified atom stereocenters. The normalized spacial score (nSPS) is 12.9. The van der Waals surface area contributed by atoms with Gasteiger partial charge in [0.2, 0.25) is 11.8 Å². The number of rotatable bonds is 7. The quantitative estimate of drug-likeness (QED) is 0.263. The zero-order valence-corrected chi connectivity index (χ0v) is 20.8. The molecule has 0 fully saturated rings. The number of nitrogens with one attached hydrogen (secondary N) is 1. The van der Waals surface area contributed by atoms with Crippen LogP contribution in [0.4, 0.5) is 5.69 Å². The fourth-order valence-corrected chi connectivity index (χ4v) is 3.29. The topological polar surface area (TPSA) is 161 Å². The van der Waals surface area contributed by atoms with E-state index in [-0.39, 0.29) is 47.1 Å². The minimum Gasteiger partial charge on any atom is -0.716 e. The molecule has 1 aromatic heterocycles. The molecule has 0 aliphatic heterocycles. The number of anilines is 1. The fourth-order valence-electron chi connectivity index (χ4n) is 2.73. The molecular formula is C19H16ClN4NaO6S. The van der Waals surface area contributed by atoms with E-state index >= 15 is 0 Å². The second-order valence-electron chi connectivity index (χ2n) is 6.54. The second kappa shape index (κ2) is 10.6. The van der Waals surface area contributed by atoms with E-state index in [0.717, 1.165) is 0 Å². The molecule has 162 valence electrons. The van der Waals surface area contributed by atoms with Crippen molar-refractivity contribution in [3.05, 3.63) is 58.4 Å². The van der Waals surface area contributed by atoms with Gasteiger partial charge in [0.05, 0.1) is 16.7 Å². The van der Waals surface area contributed by atoms with Crippen molar-refractivity contribution < 1.29 is 56.2 Å². The zero-order valence-electron chi connectivity index (χ0n) is 17.2. The summed E-state index contributed by atoms with van der Waals surface area (Å²) in [7, 11) is -4.88. The SMILES string of the molecule is Cc1c(N[C@@H](c2nnc(-c3ccc(OS(=O)(=O)[O-])cc3)o2)[C@H](C)O)ccc(C#N)c1Cl.[Na+]. The first-order valence-electron chi connectivity index (χ1n) is 8.82. The van der Waals surface area contributed by atoms with Gasteiger partial charge in [-0.2, -0.15) is 5.26 Å². The van der Waals surface area contributed by atoms with Gasteiger partial charge in [-0.1, -0.05) is 11.6 Å². The summed E-state index contributed by atoms with van der Waals surface area (Å²) in [6.07, 6.45) is -0.930. The molecule has 2 N–H and O–H groups in total. The minimum absolute atomic E-state index is 0. The van der Waals surface area contributed by atoms with Crippen molar-refractivity contribution in [1.82, 2.24) is 10.2 Å². The van der Waals surface area contributed by atoms with Crippen LogP contribution < -0.4 is 39.1 Å². The molecule has 0 saturated carbocycles. The Kier molecular flexibility index (Phi) is 8.67. The summed E-state index contributed by atoms with van der Waals surface area (Å²) < 4.78 is 41.9. The average Bonchev–Trinajstić information content (AvgIpc) is 3.18. The predicted molar refractivity (Wildman–Crippen MR) is 109 cm³/mol. The van der Waals surface area contributed by atoms with E-state index in [4.69, 9.17) is 21.3 Å². The number of nitrogens with zero attached hydrogens (tertiary/aromatic N) is 3. The number of hydrogen-bond acceptors (Lipinski definition) is 10. The molecule has 0 spiro atoms. The van der Waals surface area contributed by atoms with Crippen molar-refractivity contribution in [2.75, 3.05) is 5.32 Å². The molecular weight excluding hydrogens is 471 g/mol. The monoisotopic (exact) mass is 486 g/mol. The number of nitriles is 1. The molecule has 0 radical (unpaired) electrons. The van der Waals surface area contributed by atoms with Crippen LogP contribution in [0.2, 0.25) is 5.02 Å². The van der Waals surface area contributed by atoms with E-state index in [1.54, 1.807) is 19.1 Å². The first-order chi connectivity index (χ1) is 14.6. The van der Waals surface area contributed by atoms with Crippen LogP contribution in [0, 0.1) is 18.3 Å². The Hall–Kier alpha value is -2.17. The second-order valence-corrected chi connectivity index (χ2v) is 7.90. The number of hydrogen-bond donors (Lipinski definition) is 2. The number of aliphatic hydroxyl groups excluding tert-OH is 1. The maximum absolute atomic E-state index is 10.7. The van der Waals surface area contributed by atoms with Gasteiger partial charge in [-0.05, 0) is 55.8 Å². The van der Waals surface area contributed by atoms with Crippen molar-refractivity contribution in [2.45, 2.75) is 26.0 Å². The summed E-state index contributed by atoms with van der Waals surface area (Å²) in [5.74, 6) is 0.0380. The van der Waals surface area contributed by atoms with Crippen LogP contribution >= 0.6 is 11.6 Å². The molecule has 2 aromatic carbocycles. The average molecular weight is 487 g/mol. The third-order valence-corrected chi connectivity index (χ3v) is 5.19. The Morgan fingerprint density at radius 2 is 1.91 bits per heavy atom. The molecule has 1 heterocycles.